The Morgan fingerprint density at radius 1 is 1.17 bits per heavy atom. The van der Waals surface area contributed by atoms with Crippen molar-refractivity contribution in [1.29, 1.82) is 0 Å². The molecule has 0 aliphatic rings. The number of thiol groups is 1. The molecule has 74 valence electrons. The fourth-order valence-corrected chi connectivity index (χ4v) is 1.13. The number of hydrogen-bond donors (Lipinski definition) is 1. The van der Waals surface area contributed by atoms with Gasteiger partial charge in [0, 0.05) is 13.2 Å². The highest BCUT2D eigenvalue weighted by atomic mass is 32.1. The van der Waals surface area contributed by atoms with Gasteiger partial charge in [-0.25, -0.2) is 0 Å². The topological polar surface area (TPSA) is 12.5 Å². The maximum Gasteiger partial charge on any atom is 0.0593 e. The van der Waals surface area contributed by atoms with Crippen molar-refractivity contribution in [1.82, 2.24) is 4.90 Å². The molecule has 0 aliphatic heterocycles. The molecule has 0 N–H and O–H groups in total. The fraction of sp³-hybridized carbons (Fsp3) is 1.00. The lowest BCUT2D eigenvalue weighted by Gasteiger charge is -2.17. The van der Waals surface area contributed by atoms with Crippen molar-refractivity contribution in [2.45, 2.75) is 20.3 Å². The standard InChI is InChI=1S/C9H21NOS/c1-3-10(4-2)6-8-11-7-5-9-12/h12H,3-9H2,1-2H3. The molecule has 12 heavy (non-hydrogen) atoms. The monoisotopic (exact) mass is 191 g/mol. The Balaban J connectivity index is 3.06. The van der Waals surface area contributed by atoms with E-state index < -0.39 is 0 Å². The third kappa shape index (κ3) is 6.95. The van der Waals surface area contributed by atoms with Crippen molar-refractivity contribution < 1.29 is 4.74 Å². The van der Waals surface area contributed by atoms with Crippen LogP contribution in [0.1, 0.15) is 20.3 Å². The minimum absolute atomic E-state index is 0.852. The summed E-state index contributed by atoms with van der Waals surface area (Å²) in [6, 6.07) is 0. The predicted molar refractivity (Wildman–Crippen MR) is 57.1 cm³/mol. The second-order valence-electron chi connectivity index (χ2n) is 2.72. The SMILES string of the molecule is CCN(CC)CCOCCCS. The Bertz CT molecular complexity index is 86.6. The van der Waals surface area contributed by atoms with E-state index in [-0.39, 0.29) is 0 Å². The minimum atomic E-state index is 0.852. The summed E-state index contributed by atoms with van der Waals surface area (Å²) in [6.07, 6.45) is 1.06. The van der Waals surface area contributed by atoms with Gasteiger partial charge in [-0.1, -0.05) is 13.8 Å². The van der Waals surface area contributed by atoms with Crippen LogP contribution in [0.2, 0.25) is 0 Å². The first-order chi connectivity index (χ1) is 5.85. The van der Waals surface area contributed by atoms with Crippen LogP contribution in [0.5, 0.6) is 0 Å². The van der Waals surface area contributed by atoms with Crippen LogP contribution in [0.15, 0.2) is 0 Å². The summed E-state index contributed by atoms with van der Waals surface area (Å²) in [5.41, 5.74) is 0. The van der Waals surface area contributed by atoms with Gasteiger partial charge in [0.15, 0.2) is 0 Å². The summed E-state index contributed by atoms with van der Waals surface area (Å²) in [6.45, 7) is 9.35. The van der Waals surface area contributed by atoms with Crippen LogP contribution in [0.25, 0.3) is 0 Å². The lowest BCUT2D eigenvalue weighted by molar-refractivity contribution is 0.108. The van der Waals surface area contributed by atoms with E-state index in [1.807, 2.05) is 0 Å². The zero-order valence-electron chi connectivity index (χ0n) is 8.25. The predicted octanol–water partition coefficient (Wildman–Crippen LogP) is 1.66. The molecule has 0 aliphatic carbocycles. The van der Waals surface area contributed by atoms with Crippen LogP contribution >= 0.6 is 12.6 Å². The molecule has 0 fully saturated rings. The second-order valence-corrected chi connectivity index (χ2v) is 3.16. The molecule has 2 nitrogen and oxygen atoms in total. The van der Waals surface area contributed by atoms with Gasteiger partial charge in [-0.3, -0.25) is 0 Å². The number of hydrogen-bond acceptors (Lipinski definition) is 3. The second kappa shape index (κ2) is 9.36. The van der Waals surface area contributed by atoms with E-state index in [1.54, 1.807) is 0 Å². The first kappa shape index (κ1) is 12.3. The molecule has 0 bridgehead atoms. The Morgan fingerprint density at radius 2 is 1.83 bits per heavy atom. The molecule has 0 amide bonds. The average molecular weight is 191 g/mol. The molecule has 0 aromatic rings. The van der Waals surface area contributed by atoms with Crippen molar-refractivity contribution in [2.24, 2.45) is 0 Å². The van der Waals surface area contributed by atoms with Gasteiger partial charge in [0.2, 0.25) is 0 Å². The first-order valence-corrected chi connectivity index (χ1v) is 5.39. The summed E-state index contributed by atoms with van der Waals surface area (Å²) < 4.78 is 5.42. The van der Waals surface area contributed by atoms with E-state index in [9.17, 15) is 0 Å². The van der Waals surface area contributed by atoms with Gasteiger partial charge in [-0.2, -0.15) is 12.6 Å². The van der Waals surface area contributed by atoms with E-state index in [1.165, 1.54) is 0 Å². The van der Waals surface area contributed by atoms with Crippen molar-refractivity contribution in [3.05, 3.63) is 0 Å². The fourth-order valence-electron chi connectivity index (χ4n) is 1.00. The maximum absolute atomic E-state index is 5.42. The van der Waals surface area contributed by atoms with Crippen LogP contribution in [0.4, 0.5) is 0 Å². The van der Waals surface area contributed by atoms with Crippen molar-refractivity contribution in [3.8, 4) is 0 Å². The van der Waals surface area contributed by atoms with Gasteiger partial charge < -0.3 is 9.64 Å². The summed E-state index contributed by atoms with van der Waals surface area (Å²) >= 11 is 4.11. The van der Waals surface area contributed by atoms with E-state index in [2.05, 4.69) is 31.4 Å². The van der Waals surface area contributed by atoms with Crippen molar-refractivity contribution in [2.75, 3.05) is 38.6 Å². The van der Waals surface area contributed by atoms with Gasteiger partial charge in [0.05, 0.1) is 6.61 Å². The Hall–Kier alpha value is 0.270. The van der Waals surface area contributed by atoms with E-state index >= 15 is 0 Å². The smallest absolute Gasteiger partial charge is 0.0593 e. The van der Waals surface area contributed by atoms with Crippen LogP contribution < -0.4 is 0 Å². The third-order valence-electron chi connectivity index (χ3n) is 1.89. The molecule has 0 aromatic heterocycles. The van der Waals surface area contributed by atoms with Crippen LogP contribution in [0.3, 0.4) is 0 Å². The number of ether oxygens (including phenoxy) is 1. The molecule has 0 aromatic carbocycles. The largest absolute Gasteiger partial charge is 0.380 e. The van der Waals surface area contributed by atoms with Gasteiger partial charge in [-0.05, 0) is 25.3 Å². The van der Waals surface area contributed by atoms with Crippen LogP contribution in [-0.4, -0.2) is 43.5 Å². The Labute approximate surface area is 81.7 Å². The third-order valence-corrected chi connectivity index (χ3v) is 2.21. The Morgan fingerprint density at radius 3 is 2.33 bits per heavy atom. The van der Waals surface area contributed by atoms with E-state index in [4.69, 9.17) is 4.74 Å². The summed E-state index contributed by atoms with van der Waals surface area (Å²) in [4.78, 5) is 2.36. The molecular formula is C9H21NOS. The number of nitrogens with zero attached hydrogens (tertiary/aromatic N) is 1. The lowest BCUT2D eigenvalue weighted by atomic mass is 10.5. The molecule has 0 radical (unpaired) electrons. The molecule has 0 atom stereocenters. The minimum Gasteiger partial charge on any atom is -0.380 e. The summed E-state index contributed by atoms with van der Waals surface area (Å²) in [5.74, 6) is 0.922. The van der Waals surface area contributed by atoms with Crippen LogP contribution in [0, 0.1) is 0 Å². The maximum atomic E-state index is 5.42. The zero-order chi connectivity index (χ0) is 9.23. The quantitative estimate of drug-likeness (QED) is 0.463. The average Bonchev–Trinajstić information content (AvgIpc) is 2.11. The normalized spacial score (nSPS) is 11.0. The highest BCUT2D eigenvalue weighted by Crippen LogP contribution is 1.89. The molecule has 0 unspecified atom stereocenters. The molecule has 3 heteroatoms. The molecule has 0 rings (SSSR count). The zero-order valence-corrected chi connectivity index (χ0v) is 9.15. The lowest BCUT2D eigenvalue weighted by Crippen LogP contribution is -2.27. The number of rotatable bonds is 8. The van der Waals surface area contributed by atoms with Crippen molar-refractivity contribution >= 4 is 12.6 Å². The molecule has 0 heterocycles. The Kier molecular flexibility index (Phi) is 9.57. The summed E-state index contributed by atoms with van der Waals surface area (Å²) in [5, 5.41) is 0. The summed E-state index contributed by atoms with van der Waals surface area (Å²) in [7, 11) is 0. The number of likely N-dealkylation sites (N-methyl/N-ethyl adjacent to an activating group) is 1. The highest BCUT2D eigenvalue weighted by Gasteiger charge is 1.97. The molecular weight excluding hydrogens is 170 g/mol. The van der Waals surface area contributed by atoms with Crippen molar-refractivity contribution in [3.63, 3.8) is 0 Å². The van der Waals surface area contributed by atoms with Gasteiger partial charge in [0.1, 0.15) is 0 Å². The van der Waals surface area contributed by atoms with Crippen LogP contribution in [-0.2, 0) is 4.74 Å². The van der Waals surface area contributed by atoms with Gasteiger partial charge in [0.25, 0.3) is 0 Å². The molecule has 0 saturated carbocycles. The molecule has 0 spiro atoms. The molecule has 0 saturated heterocycles. The van der Waals surface area contributed by atoms with Gasteiger partial charge >= 0.3 is 0 Å². The highest BCUT2D eigenvalue weighted by molar-refractivity contribution is 7.80. The van der Waals surface area contributed by atoms with E-state index in [0.29, 0.717) is 0 Å². The van der Waals surface area contributed by atoms with Gasteiger partial charge in [-0.15, -0.1) is 0 Å². The first-order valence-electron chi connectivity index (χ1n) is 4.76. The van der Waals surface area contributed by atoms with E-state index in [0.717, 1.165) is 45.0 Å².